The van der Waals surface area contributed by atoms with Gasteiger partial charge in [0.2, 0.25) is 5.91 Å². The van der Waals surface area contributed by atoms with Crippen LogP contribution >= 0.6 is 23.2 Å². The number of carbonyl (C=O) groups excluding carboxylic acids is 2. The summed E-state index contributed by atoms with van der Waals surface area (Å²) in [4.78, 5) is 31.7. The van der Waals surface area contributed by atoms with Crippen LogP contribution in [0.3, 0.4) is 0 Å². The number of likely N-dealkylation sites (tertiary alicyclic amines) is 1. The normalized spacial score (nSPS) is 14.2. The first-order valence-corrected chi connectivity index (χ1v) is 17.2. The standard InChI is InChI=1S/C39H39Cl2FN4O2/c40-31-14-10-29(11-15-31)39(30-12-16-32(41)17-13-30,20-5-21-46-22-18-27(19-23-46)33-7-2-3-8-34(33)42)26-44-37(47)25-43-38(48)36-24-28-6-1-4-9-35(28)45-36/h1-4,6-17,24,27,45H,5,18-23,25-26H2,(H,43,48)(H,44,47). The number of hydrogen-bond acceptors (Lipinski definition) is 3. The van der Waals surface area contributed by atoms with Crippen LogP contribution in [0.2, 0.25) is 10.0 Å². The summed E-state index contributed by atoms with van der Waals surface area (Å²) in [5.41, 5.74) is 3.54. The molecule has 1 aliphatic rings. The van der Waals surface area contributed by atoms with Crippen LogP contribution in [0.15, 0.2) is 103 Å². The Morgan fingerprint density at radius 2 is 1.46 bits per heavy atom. The molecule has 0 saturated carbocycles. The molecule has 0 radical (unpaired) electrons. The van der Waals surface area contributed by atoms with Gasteiger partial charge in [0, 0.05) is 32.9 Å². The maximum absolute atomic E-state index is 14.4. The number of para-hydroxylation sites is 1. The number of aromatic nitrogens is 1. The van der Waals surface area contributed by atoms with Gasteiger partial charge >= 0.3 is 0 Å². The minimum atomic E-state index is -0.586. The number of carbonyl (C=O) groups is 2. The molecular formula is C39H39Cl2FN4O2. The third-order valence-corrected chi connectivity index (χ3v) is 10.1. The lowest BCUT2D eigenvalue weighted by molar-refractivity contribution is -0.120. The molecule has 1 aromatic heterocycles. The zero-order valence-electron chi connectivity index (χ0n) is 26.7. The number of rotatable bonds is 12. The van der Waals surface area contributed by atoms with Gasteiger partial charge in [-0.1, -0.05) is 83.9 Å². The number of hydrogen-bond donors (Lipinski definition) is 3. The van der Waals surface area contributed by atoms with E-state index in [0.29, 0.717) is 22.3 Å². The number of benzene rings is 4. The average Bonchev–Trinajstić information content (AvgIpc) is 3.55. The summed E-state index contributed by atoms with van der Waals surface area (Å²) in [7, 11) is 0. The quantitative estimate of drug-likeness (QED) is 0.124. The molecule has 0 aliphatic carbocycles. The number of H-pyrrole nitrogens is 1. The molecule has 0 unspecified atom stereocenters. The lowest BCUT2D eigenvalue weighted by atomic mass is 9.71. The molecule has 0 atom stereocenters. The number of amides is 2. The zero-order valence-corrected chi connectivity index (χ0v) is 28.2. The molecule has 1 saturated heterocycles. The second-order valence-electron chi connectivity index (χ2n) is 12.6. The fourth-order valence-electron chi connectivity index (χ4n) is 6.93. The molecule has 2 heterocycles. The minimum Gasteiger partial charge on any atom is -0.353 e. The largest absolute Gasteiger partial charge is 0.353 e. The van der Waals surface area contributed by atoms with E-state index in [0.717, 1.165) is 72.9 Å². The minimum absolute atomic E-state index is 0.119. The highest BCUT2D eigenvalue weighted by molar-refractivity contribution is 6.30. The van der Waals surface area contributed by atoms with Crippen molar-refractivity contribution in [2.24, 2.45) is 0 Å². The highest BCUT2D eigenvalue weighted by atomic mass is 35.5. The van der Waals surface area contributed by atoms with Crippen LogP contribution in [-0.2, 0) is 10.2 Å². The molecule has 0 bridgehead atoms. The topological polar surface area (TPSA) is 77.2 Å². The van der Waals surface area contributed by atoms with Crippen molar-refractivity contribution in [3.8, 4) is 0 Å². The summed E-state index contributed by atoms with van der Waals surface area (Å²) in [5.74, 6) is -0.522. The molecule has 2 amide bonds. The van der Waals surface area contributed by atoms with Crippen LogP contribution in [0, 0.1) is 5.82 Å². The average molecular weight is 686 g/mol. The number of nitrogens with zero attached hydrogens (tertiary/aromatic N) is 1. The van der Waals surface area contributed by atoms with Crippen LogP contribution in [-0.4, -0.2) is 54.4 Å². The lowest BCUT2D eigenvalue weighted by Crippen LogP contribution is -2.45. The third kappa shape index (κ3) is 7.92. The summed E-state index contributed by atoms with van der Waals surface area (Å²) in [6, 6.07) is 32.1. The van der Waals surface area contributed by atoms with Crippen molar-refractivity contribution in [2.45, 2.75) is 37.0 Å². The zero-order chi connectivity index (χ0) is 33.5. The Morgan fingerprint density at radius 1 is 0.833 bits per heavy atom. The molecular weight excluding hydrogens is 646 g/mol. The highest BCUT2D eigenvalue weighted by Crippen LogP contribution is 2.38. The molecule has 1 aliphatic heterocycles. The predicted molar refractivity (Wildman–Crippen MR) is 191 cm³/mol. The number of halogens is 3. The Labute approximate surface area is 290 Å². The lowest BCUT2D eigenvalue weighted by Gasteiger charge is -2.37. The molecule has 48 heavy (non-hydrogen) atoms. The second-order valence-corrected chi connectivity index (χ2v) is 13.4. The smallest absolute Gasteiger partial charge is 0.268 e. The first-order chi connectivity index (χ1) is 23.3. The van der Waals surface area contributed by atoms with Gasteiger partial charge in [-0.2, -0.15) is 0 Å². The molecule has 1 fully saturated rings. The molecule has 6 nitrogen and oxygen atoms in total. The number of nitrogens with one attached hydrogen (secondary N) is 3. The van der Waals surface area contributed by atoms with Gasteiger partial charge in [-0.25, -0.2) is 4.39 Å². The second kappa shape index (κ2) is 15.4. The van der Waals surface area contributed by atoms with Crippen molar-refractivity contribution in [1.82, 2.24) is 20.5 Å². The summed E-state index contributed by atoms with van der Waals surface area (Å²) in [6.07, 6.45) is 3.44. The molecule has 6 rings (SSSR count). The van der Waals surface area contributed by atoms with E-state index in [2.05, 4.69) is 20.5 Å². The maximum Gasteiger partial charge on any atom is 0.268 e. The van der Waals surface area contributed by atoms with E-state index in [1.165, 1.54) is 0 Å². The summed E-state index contributed by atoms with van der Waals surface area (Å²) in [5, 5.41) is 8.06. The van der Waals surface area contributed by atoms with Gasteiger partial charge in [0.15, 0.2) is 0 Å². The van der Waals surface area contributed by atoms with E-state index in [1.807, 2.05) is 84.9 Å². The van der Waals surface area contributed by atoms with Crippen LogP contribution < -0.4 is 10.6 Å². The molecule has 4 aromatic carbocycles. The van der Waals surface area contributed by atoms with Gasteiger partial charge in [0.1, 0.15) is 11.5 Å². The van der Waals surface area contributed by atoms with Crippen molar-refractivity contribution in [3.05, 3.63) is 141 Å². The first kappa shape index (κ1) is 33.7. The molecule has 9 heteroatoms. The van der Waals surface area contributed by atoms with Crippen LogP contribution in [0.4, 0.5) is 4.39 Å². The summed E-state index contributed by atoms with van der Waals surface area (Å²) >= 11 is 12.6. The Bertz CT molecular complexity index is 1770. The van der Waals surface area contributed by atoms with Crippen LogP contribution in [0.5, 0.6) is 0 Å². The van der Waals surface area contributed by atoms with E-state index in [4.69, 9.17) is 23.2 Å². The van der Waals surface area contributed by atoms with Gasteiger partial charge in [-0.15, -0.1) is 0 Å². The van der Waals surface area contributed by atoms with Crippen LogP contribution in [0.25, 0.3) is 10.9 Å². The van der Waals surface area contributed by atoms with E-state index in [-0.39, 0.29) is 30.1 Å². The van der Waals surface area contributed by atoms with E-state index in [9.17, 15) is 14.0 Å². The van der Waals surface area contributed by atoms with Gasteiger partial charge in [-0.05, 0) is 110 Å². The Morgan fingerprint density at radius 3 is 2.10 bits per heavy atom. The van der Waals surface area contributed by atoms with Crippen molar-refractivity contribution >= 4 is 45.9 Å². The SMILES string of the molecule is O=C(CNC(=O)c1cc2ccccc2[nH]1)NCC(CCCN1CCC(c2ccccc2F)CC1)(c1ccc(Cl)cc1)c1ccc(Cl)cc1. The molecule has 248 valence electrons. The van der Waals surface area contributed by atoms with Crippen molar-refractivity contribution in [2.75, 3.05) is 32.7 Å². The van der Waals surface area contributed by atoms with Crippen molar-refractivity contribution in [1.29, 1.82) is 0 Å². The fourth-order valence-corrected chi connectivity index (χ4v) is 7.18. The molecule has 0 spiro atoms. The van der Waals surface area contributed by atoms with Gasteiger partial charge in [0.25, 0.3) is 5.91 Å². The van der Waals surface area contributed by atoms with Crippen molar-refractivity contribution < 1.29 is 14.0 Å². The van der Waals surface area contributed by atoms with E-state index >= 15 is 0 Å². The third-order valence-electron chi connectivity index (χ3n) is 9.58. The van der Waals surface area contributed by atoms with E-state index < -0.39 is 5.41 Å². The molecule has 3 N–H and O–H groups in total. The predicted octanol–water partition coefficient (Wildman–Crippen LogP) is 8.11. The van der Waals surface area contributed by atoms with E-state index in [1.54, 1.807) is 18.2 Å². The monoisotopic (exact) mass is 684 g/mol. The van der Waals surface area contributed by atoms with Gasteiger partial charge < -0.3 is 20.5 Å². The molecule has 5 aromatic rings. The maximum atomic E-state index is 14.4. The van der Waals surface area contributed by atoms with Crippen LogP contribution in [0.1, 0.15) is 58.8 Å². The Kier molecular flexibility index (Phi) is 10.8. The highest BCUT2D eigenvalue weighted by Gasteiger charge is 2.35. The summed E-state index contributed by atoms with van der Waals surface area (Å²) in [6.45, 7) is 2.83. The number of piperidine rings is 1. The summed E-state index contributed by atoms with van der Waals surface area (Å²) < 4.78 is 14.4. The Hall–Kier alpha value is -4.17. The first-order valence-electron chi connectivity index (χ1n) is 16.4. The van der Waals surface area contributed by atoms with Gasteiger partial charge in [-0.3, -0.25) is 9.59 Å². The number of fused-ring (bicyclic) bond motifs is 1. The number of aromatic amines is 1. The Balaban J connectivity index is 1.15. The van der Waals surface area contributed by atoms with Gasteiger partial charge in [0.05, 0.1) is 6.54 Å². The fraction of sp³-hybridized carbons (Fsp3) is 0.282. The van der Waals surface area contributed by atoms with Crippen molar-refractivity contribution in [3.63, 3.8) is 0 Å².